The van der Waals surface area contributed by atoms with Gasteiger partial charge in [0, 0.05) is 12.5 Å². The van der Waals surface area contributed by atoms with Crippen LogP contribution in [0.15, 0.2) is 10.8 Å². The molecule has 0 aliphatic heterocycles. The second kappa shape index (κ2) is 5.31. The molecule has 1 N–H and O–H groups in total. The van der Waals surface area contributed by atoms with Crippen molar-refractivity contribution in [2.75, 3.05) is 6.54 Å². The highest BCUT2D eigenvalue weighted by atomic mass is 16.3. The summed E-state index contributed by atoms with van der Waals surface area (Å²) in [5.41, 5.74) is 1.11. The lowest BCUT2D eigenvalue weighted by molar-refractivity contribution is 0.370. The first kappa shape index (κ1) is 10.7. The molecule has 1 saturated carbocycles. The molecule has 3 heteroatoms. The van der Waals surface area contributed by atoms with Gasteiger partial charge in [-0.05, 0) is 19.4 Å². The number of hydrogen-bond donors (Lipinski definition) is 1. The molecule has 0 spiro atoms. The van der Waals surface area contributed by atoms with Crippen LogP contribution in [0.25, 0.3) is 0 Å². The van der Waals surface area contributed by atoms with Crippen LogP contribution in [0.3, 0.4) is 0 Å². The van der Waals surface area contributed by atoms with Crippen LogP contribution in [0.2, 0.25) is 0 Å². The van der Waals surface area contributed by atoms with Crippen molar-refractivity contribution in [1.82, 2.24) is 10.3 Å². The Morgan fingerprint density at radius 2 is 2.20 bits per heavy atom. The number of nitrogens with one attached hydrogen (secondary N) is 1. The van der Waals surface area contributed by atoms with E-state index in [2.05, 4.69) is 17.2 Å². The molecule has 1 aliphatic rings. The van der Waals surface area contributed by atoms with E-state index in [0.29, 0.717) is 5.92 Å². The molecule has 0 radical (unpaired) electrons. The van der Waals surface area contributed by atoms with Crippen LogP contribution < -0.4 is 5.32 Å². The highest BCUT2D eigenvalue weighted by Crippen LogP contribution is 2.33. The number of aromatic nitrogens is 1. The zero-order valence-corrected chi connectivity index (χ0v) is 9.46. The Hall–Kier alpha value is -0.830. The number of nitrogens with zero attached hydrogens (tertiary/aromatic N) is 1. The summed E-state index contributed by atoms with van der Waals surface area (Å²) in [5.74, 6) is 1.76. The van der Waals surface area contributed by atoms with Gasteiger partial charge in [0.05, 0.1) is 5.69 Å². The first-order chi connectivity index (χ1) is 7.42. The summed E-state index contributed by atoms with van der Waals surface area (Å²) in [6, 6.07) is 0. The lowest BCUT2D eigenvalue weighted by Crippen LogP contribution is -2.15. The first-order valence-corrected chi connectivity index (χ1v) is 6.04. The average Bonchev–Trinajstić information content (AvgIpc) is 2.75. The lowest BCUT2D eigenvalue weighted by Gasteiger charge is -2.20. The molecule has 1 aliphatic carbocycles. The highest BCUT2D eigenvalue weighted by Gasteiger charge is 2.21. The van der Waals surface area contributed by atoms with Gasteiger partial charge in [-0.1, -0.05) is 26.2 Å². The van der Waals surface area contributed by atoms with Crippen molar-refractivity contribution in [1.29, 1.82) is 0 Å². The largest absolute Gasteiger partial charge is 0.448 e. The van der Waals surface area contributed by atoms with Gasteiger partial charge in [0.25, 0.3) is 0 Å². The monoisotopic (exact) mass is 208 g/mol. The van der Waals surface area contributed by atoms with Crippen LogP contribution >= 0.6 is 0 Å². The van der Waals surface area contributed by atoms with Gasteiger partial charge in [-0.15, -0.1) is 0 Å². The second-order valence-corrected chi connectivity index (χ2v) is 4.28. The van der Waals surface area contributed by atoms with E-state index in [-0.39, 0.29) is 0 Å². The van der Waals surface area contributed by atoms with E-state index >= 15 is 0 Å². The van der Waals surface area contributed by atoms with E-state index in [1.54, 1.807) is 6.39 Å². The van der Waals surface area contributed by atoms with Gasteiger partial charge in [-0.2, -0.15) is 0 Å². The number of hydrogen-bond acceptors (Lipinski definition) is 3. The molecular weight excluding hydrogens is 188 g/mol. The van der Waals surface area contributed by atoms with Gasteiger partial charge in [-0.3, -0.25) is 0 Å². The van der Waals surface area contributed by atoms with Crippen molar-refractivity contribution in [3.63, 3.8) is 0 Å². The summed E-state index contributed by atoms with van der Waals surface area (Å²) >= 11 is 0. The molecule has 3 nitrogen and oxygen atoms in total. The minimum atomic E-state index is 0.620. The SMILES string of the molecule is CCNCc1ncoc1C1CCCCC1. The Balaban J connectivity index is 2.02. The molecule has 0 aromatic carbocycles. The molecule has 0 amide bonds. The molecule has 15 heavy (non-hydrogen) atoms. The van der Waals surface area contributed by atoms with E-state index in [9.17, 15) is 0 Å². The van der Waals surface area contributed by atoms with Gasteiger partial charge < -0.3 is 9.73 Å². The van der Waals surface area contributed by atoms with Crippen LogP contribution in [0.4, 0.5) is 0 Å². The van der Waals surface area contributed by atoms with Crippen molar-refractivity contribution in [3.05, 3.63) is 17.8 Å². The second-order valence-electron chi connectivity index (χ2n) is 4.28. The molecule has 0 bridgehead atoms. The summed E-state index contributed by atoms with van der Waals surface area (Å²) in [5, 5.41) is 3.31. The van der Waals surface area contributed by atoms with Crippen LogP contribution in [0.5, 0.6) is 0 Å². The Bertz CT molecular complexity index is 290. The van der Waals surface area contributed by atoms with E-state index in [1.165, 1.54) is 32.1 Å². The minimum Gasteiger partial charge on any atom is -0.448 e. The van der Waals surface area contributed by atoms with Gasteiger partial charge in [0.15, 0.2) is 6.39 Å². The predicted molar refractivity (Wildman–Crippen MR) is 59.7 cm³/mol. The minimum absolute atomic E-state index is 0.620. The Kier molecular flexibility index (Phi) is 3.78. The molecule has 1 fully saturated rings. The van der Waals surface area contributed by atoms with Crippen LogP contribution in [-0.4, -0.2) is 11.5 Å². The third-order valence-corrected chi connectivity index (χ3v) is 3.19. The first-order valence-electron chi connectivity index (χ1n) is 6.04. The topological polar surface area (TPSA) is 38.1 Å². The molecule has 0 atom stereocenters. The Labute approximate surface area is 91.3 Å². The maximum Gasteiger partial charge on any atom is 0.181 e. The quantitative estimate of drug-likeness (QED) is 0.826. The van der Waals surface area contributed by atoms with Gasteiger partial charge in [0.1, 0.15) is 5.76 Å². The molecule has 0 unspecified atom stereocenters. The molecule has 84 valence electrons. The highest BCUT2D eigenvalue weighted by molar-refractivity contribution is 5.13. The zero-order chi connectivity index (χ0) is 10.5. The fourth-order valence-electron chi connectivity index (χ4n) is 2.35. The molecular formula is C12H20N2O. The molecule has 1 aromatic heterocycles. The predicted octanol–water partition coefficient (Wildman–Crippen LogP) is 2.83. The summed E-state index contributed by atoms with van der Waals surface area (Å²) in [7, 11) is 0. The summed E-state index contributed by atoms with van der Waals surface area (Å²) in [6.45, 7) is 3.94. The van der Waals surface area contributed by atoms with Crippen molar-refractivity contribution in [2.24, 2.45) is 0 Å². The summed E-state index contributed by atoms with van der Waals surface area (Å²) in [6.07, 6.45) is 8.20. The maximum absolute atomic E-state index is 5.55. The fraction of sp³-hybridized carbons (Fsp3) is 0.750. The fourth-order valence-corrected chi connectivity index (χ4v) is 2.35. The maximum atomic E-state index is 5.55. The van der Waals surface area contributed by atoms with E-state index < -0.39 is 0 Å². The van der Waals surface area contributed by atoms with Gasteiger partial charge in [-0.25, -0.2) is 4.98 Å². The van der Waals surface area contributed by atoms with E-state index in [0.717, 1.165) is 24.5 Å². The molecule has 1 aromatic rings. The van der Waals surface area contributed by atoms with Crippen molar-refractivity contribution in [3.8, 4) is 0 Å². The van der Waals surface area contributed by atoms with E-state index in [1.807, 2.05) is 0 Å². The van der Waals surface area contributed by atoms with Crippen molar-refractivity contribution < 1.29 is 4.42 Å². The standard InChI is InChI=1S/C12H20N2O/c1-2-13-8-11-12(15-9-14-11)10-6-4-3-5-7-10/h9-10,13H,2-8H2,1H3. The van der Waals surface area contributed by atoms with Gasteiger partial charge >= 0.3 is 0 Å². The molecule has 2 rings (SSSR count). The number of rotatable bonds is 4. The molecule has 1 heterocycles. The normalized spacial score (nSPS) is 18.2. The smallest absolute Gasteiger partial charge is 0.181 e. The lowest BCUT2D eigenvalue weighted by atomic mass is 9.87. The average molecular weight is 208 g/mol. The van der Waals surface area contributed by atoms with Crippen LogP contribution in [0, 0.1) is 0 Å². The van der Waals surface area contributed by atoms with Crippen LogP contribution in [0.1, 0.15) is 56.4 Å². The zero-order valence-electron chi connectivity index (χ0n) is 9.46. The van der Waals surface area contributed by atoms with Crippen molar-refractivity contribution >= 4 is 0 Å². The summed E-state index contributed by atoms with van der Waals surface area (Å²) < 4.78 is 5.55. The van der Waals surface area contributed by atoms with Crippen molar-refractivity contribution in [2.45, 2.75) is 51.5 Å². The van der Waals surface area contributed by atoms with Crippen LogP contribution in [-0.2, 0) is 6.54 Å². The Morgan fingerprint density at radius 3 is 2.93 bits per heavy atom. The van der Waals surface area contributed by atoms with E-state index in [4.69, 9.17) is 4.42 Å². The summed E-state index contributed by atoms with van der Waals surface area (Å²) in [4.78, 5) is 4.30. The Morgan fingerprint density at radius 1 is 1.40 bits per heavy atom. The van der Waals surface area contributed by atoms with Gasteiger partial charge in [0.2, 0.25) is 0 Å². The third-order valence-electron chi connectivity index (χ3n) is 3.19. The third kappa shape index (κ3) is 2.59. The number of oxazole rings is 1. The molecule has 0 saturated heterocycles.